The number of alkyl halides is 3. The fraction of sp³-hybridized carbons (Fsp3) is 0.600. The molecule has 0 radical (unpaired) electrons. The lowest BCUT2D eigenvalue weighted by atomic mass is 10.1. The van der Waals surface area contributed by atoms with Gasteiger partial charge in [-0.05, 0) is 25.0 Å². The summed E-state index contributed by atoms with van der Waals surface area (Å²) in [5, 5.41) is 3.26. The van der Waals surface area contributed by atoms with E-state index in [1.165, 1.54) is 0 Å². The number of rotatable bonds is 7. The van der Waals surface area contributed by atoms with Crippen LogP contribution in [0.4, 0.5) is 18.0 Å². The van der Waals surface area contributed by atoms with Crippen molar-refractivity contribution in [2.75, 3.05) is 45.9 Å². The lowest BCUT2D eigenvalue weighted by molar-refractivity contribution is -0.176. The van der Waals surface area contributed by atoms with E-state index in [0.29, 0.717) is 51.4 Å². The van der Waals surface area contributed by atoms with Crippen molar-refractivity contribution in [3.05, 3.63) is 35.4 Å². The lowest BCUT2D eigenvalue weighted by Crippen LogP contribution is -2.53. The predicted octanol–water partition coefficient (Wildman–Crippen LogP) is 3.62. The Morgan fingerprint density at radius 2 is 1.65 bits per heavy atom. The maximum absolute atomic E-state index is 12.1. The molecule has 176 valence electrons. The van der Waals surface area contributed by atoms with Crippen molar-refractivity contribution in [2.45, 2.75) is 33.2 Å². The number of amides is 1. The fourth-order valence-corrected chi connectivity index (χ4v) is 2.93. The van der Waals surface area contributed by atoms with Gasteiger partial charge >= 0.3 is 12.3 Å². The number of carbonyl (C=O) groups excluding carboxylic acids is 1. The number of halogens is 4. The van der Waals surface area contributed by atoms with Gasteiger partial charge in [-0.15, -0.1) is 24.0 Å². The summed E-state index contributed by atoms with van der Waals surface area (Å²) in [6, 6.07) is 7.15. The van der Waals surface area contributed by atoms with Crippen LogP contribution >= 0.6 is 24.0 Å². The molecule has 1 saturated heterocycles. The van der Waals surface area contributed by atoms with Crippen LogP contribution in [0.2, 0.25) is 0 Å². The van der Waals surface area contributed by atoms with Gasteiger partial charge in [0.15, 0.2) is 5.96 Å². The number of nitrogens with one attached hydrogen (secondary N) is 1. The van der Waals surface area contributed by atoms with Gasteiger partial charge in [0.25, 0.3) is 0 Å². The average Bonchev–Trinajstić information content (AvgIpc) is 2.71. The summed E-state index contributed by atoms with van der Waals surface area (Å²) in [5.41, 5.74) is 1.61. The minimum absolute atomic E-state index is 0. The van der Waals surface area contributed by atoms with Crippen LogP contribution in [0.5, 0.6) is 0 Å². The van der Waals surface area contributed by atoms with E-state index in [-0.39, 0.29) is 36.7 Å². The molecule has 1 heterocycles. The summed E-state index contributed by atoms with van der Waals surface area (Å²) < 4.78 is 46.1. The number of aliphatic imine (C=N–C) groups is 1. The van der Waals surface area contributed by atoms with E-state index in [1.54, 1.807) is 24.0 Å². The first kappa shape index (κ1) is 27.3. The Hall–Kier alpha value is -1.76. The zero-order chi connectivity index (χ0) is 22.0. The Morgan fingerprint density at radius 1 is 1.06 bits per heavy atom. The summed E-state index contributed by atoms with van der Waals surface area (Å²) in [7, 11) is 0. The summed E-state index contributed by atoms with van der Waals surface area (Å²) >= 11 is 0. The zero-order valence-electron chi connectivity index (χ0n) is 17.8. The quantitative estimate of drug-likeness (QED) is 0.315. The van der Waals surface area contributed by atoms with Crippen LogP contribution in [-0.2, 0) is 22.6 Å². The maximum atomic E-state index is 12.1. The predicted molar refractivity (Wildman–Crippen MR) is 123 cm³/mol. The molecule has 1 aromatic rings. The SMILES string of the molecule is CCNC(=NCc1ccc(COCC(F)(F)F)cc1)N1CCN(C(=O)OCC)CC1.I. The molecule has 31 heavy (non-hydrogen) atoms. The molecule has 0 unspecified atom stereocenters. The number of ether oxygens (including phenoxy) is 2. The molecule has 7 nitrogen and oxygen atoms in total. The van der Waals surface area contributed by atoms with Crippen LogP contribution in [0.25, 0.3) is 0 Å². The molecule has 1 aliphatic heterocycles. The van der Waals surface area contributed by atoms with E-state index >= 15 is 0 Å². The average molecular weight is 558 g/mol. The smallest absolute Gasteiger partial charge is 0.411 e. The van der Waals surface area contributed by atoms with Gasteiger partial charge in [0.2, 0.25) is 0 Å². The zero-order valence-corrected chi connectivity index (χ0v) is 20.1. The molecule has 1 amide bonds. The number of guanidine groups is 1. The first-order chi connectivity index (χ1) is 14.3. The minimum atomic E-state index is -4.32. The standard InChI is InChI=1S/C20H29F3N4O3.HI/c1-3-24-18(26-9-11-27(12-10-26)19(28)30-4-2)25-13-16-5-7-17(8-6-16)14-29-15-20(21,22)23;/h5-8H,3-4,9-15H2,1-2H3,(H,24,25);1H. The van der Waals surface area contributed by atoms with E-state index in [2.05, 4.69) is 19.9 Å². The van der Waals surface area contributed by atoms with Crippen molar-refractivity contribution in [1.29, 1.82) is 0 Å². The van der Waals surface area contributed by atoms with Gasteiger partial charge in [-0.2, -0.15) is 13.2 Å². The topological polar surface area (TPSA) is 66.4 Å². The normalized spacial score (nSPS) is 14.8. The number of piperazine rings is 1. The summed E-state index contributed by atoms with van der Waals surface area (Å²) in [6.07, 6.45) is -4.61. The largest absolute Gasteiger partial charge is 0.450 e. The second-order valence-corrected chi connectivity index (χ2v) is 6.77. The summed E-state index contributed by atoms with van der Waals surface area (Å²) in [6.45, 7) is 6.37. The van der Waals surface area contributed by atoms with Gasteiger partial charge in [0.05, 0.1) is 19.8 Å². The van der Waals surface area contributed by atoms with Crippen molar-refractivity contribution < 1.29 is 27.4 Å². The molecule has 0 aromatic heterocycles. The summed E-state index contributed by atoms with van der Waals surface area (Å²) in [5.74, 6) is 0.763. The van der Waals surface area contributed by atoms with E-state index in [0.717, 1.165) is 11.5 Å². The highest BCUT2D eigenvalue weighted by Crippen LogP contribution is 2.16. The molecule has 0 bridgehead atoms. The molecule has 1 aliphatic rings. The highest BCUT2D eigenvalue weighted by atomic mass is 127. The van der Waals surface area contributed by atoms with E-state index in [1.807, 2.05) is 19.1 Å². The highest BCUT2D eigenvalue weighted by Gasteiger charge is 2.27. The molecule has 1 N–H and O–H groups in total. The maximum Gasteiger partial charge on any atom is 0.411 e. The second-order valence-electron chi connectivity index (χ2n) is 6.77. The number of hydrogen-bond acceptors (Lipinski definition) is 4. The first-order valence-electron chi connectivity index (χ1n) is 9.99. The Morgan fingerprint density at radius 3 is 2.19 bits per heavy atom. The van der Waals surface area contributed by atoms with Gasteiger partial charge < -0.3 is 24.6 Å². The van der Waals surface area contributed by atoms with Gasteiger partial charge in [-0.1, -0.05) is 24.3 Å². The van der Waals surface area contributed by atoms with E-state index in [9.17, 15) is 18.0 Å². The third-order valence-corrected chi connectivity index (χ3v) is 4.41. The third kappa shape index (κ3) is 9.93. The Labute approximate surface area is 198 Å². The van der Waals surface area contributed by atoms with Gasteiger partial charge in [0.1, 0.15) is 6.61 Å². The van der Waals surface area contributed by atoms with Crippen molar-refractivity contribution in [3.63, 3.8) is 0 Å². The monoisotopic (exact) mass is 558 g/mol. The van der Waals surface area contributed by atoms with Crippen LogP contribution in [0, 0.1) is 0 Å². The molecule has 0 atom stereocenters. The third-order valence-electron chi connectivity index (χ3n) is 4.41. The van der Waals surface area contributed by atoms with E-state index in [4.69, 9.17) is 4.74 Å². The van der Waals surface area contributed by atoms with Gasteiger partial charge in [0, 0.05) is 32.7 Å². The first-order valence-corrected chi connectivity index (χ1v) is 9.99. The minimum Gasteiger partial charge on any atom is -0.450 e. The number of hydrogen-bond donors (Lipinski definition) is 1. The van der Waals surface area contributed by atoms with Crippen molar-refractivity contribution in [3.8, 4) is 0 Å². The summed E-state index contributed by atoms with van der Waals surface area (Å²) in [4.78, 5) is 20.3. The van der Waals surface area contributed by atoms with Crippen LogP contribution < -0.4 is 5.32 Å². The number of nitrogens with zero attached hydrogens (tertiary/aromatic N) is 3. The molecule has 2 rings (SSSR count). The fourth-order valence-electron chi connectivity index (χ4n) is 2.93. The van der Waals surface area contributed by atoms with Crippen LogP contribution in [-0.4, -0.2) is 74.0 Å². The highest BCUT2D eigenvalue weighted by molar-refractivity contribution is 14.0. The second kappa shape index (κ2) is 13.6. The Bertz CT molecular complexity index is 694. The Kier molecular flexibility index (Phi) is 12.0. The lowest BCUT2D eigenvalue weighted by Gasteiger charge is -2.35. The van der Waals surface area contributed by atoms with Gasteiger partial charge in [-0.25, -0.2) is 9.79 Å². The molecule has 0 saturated carbocycles. The molecule has 1 fully saturated rings. The molecule has 0 spiro atoms. The molecular formula is C20H30F3IN4O3. The molecule has 1 aromatic carbocycles. The number of benzene rings is 1. The number of carbonyl (C=O) groups is 1. The van der Waals surface area contributed by atoms with Crippen molar-refractivity contribution >= 4 is 36.0 Å². The van der Waals surface area contributed by atoms with Crippen LogP contribution in [0.15, 0.2) is 29.3 Å². The van der Waals surface area contributed by atoms with Crippen molar-refractivity contribution in [2.24, 2.45) is 4.99 Å². The molecular weight excluding hydrogens is 528 g/mol. The van der Waals surface area contributed by atoms with Gasteiger partial charge in [-0.3, -0.25) is 0 Å². The van der Waals surface area contributed by atoms with Crippen LogP contribution in [0.1, 0.15) is 25.0 Å². The molecule has 0 aliphatic carbocycles. The molecule has 11 heteroatoms. The Balaban J connectivity index is 0.00000480. The van der Waals surface area contributed by atoms with E-state index < -0.39 is 12.8 Å². The van der Waals surface area contributed by atoms with Crippen LogP contribution in [0.3, 0.4) is 0 Å². The van der Waals surface area contributed by atoms with Crippen molar-refractivity contribution in [1.82, 2.24) is 15.1 Å².